The van der Waals surface area contributed by atoms with Gasteiger partial charge in [-0.05, 0) is 30.3 Å². The highest BCUT2D eigenvalue weighted by molar-refractivity contribution is 6.31. The molecule has 6 heteroatoms. The average molecular weight is 314 g/mol. The number of rotatable bonds is 3. The minimum atomic E-state index is -0.254. The topological polar surface area (TPSA) is 74.8 Å². The molecule has 2 N–H and O–H groups in total. The summed E-state index contributed by atoms with van der Waals surface area (Å²) in [5.41, 5.74) is 1.88. The van der Waals surface area contributed by atoms with Crippen molar-refractivity contribution < 1.29 is 9.59 Å². The largest absolute Gasteiger partial charge is 0.350 e. The minimum Gasteiger partial charge on any atom is -0.350 e. The van der Waals surface area contributed by atoms with Crippen molar-refractivity contribution in [3.8, 4) is 0 Å². The molecule has 1 amide bonds. The maximum Gasteiger partial charge on any atom is 0.221 e. The zero-order valence-corrected chi connectivity index (χ0v) is 12.4. The van der Waals surface area contributed by atoms with Gasteiger partial charge in [0.25, 0.3) is 0 Å². The van der Waals surface area contributed by atoms with Crippen LogP contribution in [0, 0.1) is 0 Å². The molecule has 0 aliphatic carbocycles. The van der Waals surface area contributed by atoms with Gasteiger partial charge >= 0.3 is 0 Å². The predicted molar refractivity (Wildman–Crippen MR) is 85.3 cm³/mol. The van der Waals surface area contributed by atoms with Crippen molar-refractivity contribution in [2.45, 2.75) is 6.92 Å². The van der Waals surface area contributed by atoms with Gasteiger partial charge in [-0.1, -0.05) is 11.6 Å². The summed E-state index contributed by atoms with van der Waals surface area (Å²) < 4.78 is 0. The summed E-state index contributed by atoms with van der Waals surface area (Å²) in [6.07, 6.45) is 3.08. The van der Waals surface area contributed by atoms with Crippen LogP contribution in [-0.2, 0) is 4.79 Å². The highest BCUT2D eigenvalue weighted by Crippen LogP contribution is 2.31. The number of ketones is 1. The molecule has 3 aromatic rings. The number of hydrogen-bond acceptors (Lipinski definition) is 3. The van der Waals surface area contributed by atoms with Gasteiger partial charge in [-0.2, -0.15) is 0 Å². The van der Waals surface area contributed by atoms with Crippen LogP contribution in [0.15, 0.2) is 42.7 Å². The molecule has 5 nitrogen and oxygen atoms in total. The standard InChI is InChI=1S/C16H12ClN3O2/c1-9(21)19-14-12-5-4-11(17)7-13(12)20-15(14)16(22)10-3-2-6-18-8-10/h2-8,20H,1H3,(H,19,21). The number of hydrogen-bond donors (Lipinski definition) is 2. The van der Waals surface area contributed by atoms with Crippen molar-refractivity contribution >= 4 is 39.9 Å². The molecule has 0 radical (unpaired) electrons. The van der Waals surface area contributed by atoms with E-state index >= 15 is 0 Å². The first-order valence-corrected chi connectivity index (χ1v) is 6.97. The third-order valence-electron chi connectivity index (χ3n) is 3.21. The van der Waals surface area contributed by atoms with Crippen LogP contribution in [0.5, 0.6) is 0 Å². The number of carbonyl (C=O) groups is 2. The number of pyridine rings is 1. The van der Waals surface area contributed by atoms with E-state index in [1.54, 1.807) is 36.5 Å². The van der Waals surface area contributed by atoms with Gasteiger partial charge in [-0.15, -0.1) is 0 Å². The van der Waals surface area contributed by atoms with E-state index in [-0.39, 0.29) is 11.7 Å². The molecule has 0 unspecified atom stereocenters. The number of benzene rings is 1. The quantitative estimate of drug-likeness (QED) is 0.728. The molecule has 2 heterocycles. The van der Waals surface area contributed by atoms with Crippen LogP contribution in [0.4, 0.5) is 5.69 Å². The molecule has 0 aliphatic heterocycles. The third-order valence-corrected chi connectivity index (χ3v) is 3.45. The van der Waals surface area contributed by atoms with Gasteiger partial charge in [0.2, 0.25) is 11.7 Å². The number of H-pyrrole nitrogens is 1. The Morgan fingerprint density at radius 2 is 2.09 bits per heavy atom. The van der Waals surface area contributed by atoms with Crippen molar-refractivity contribution in [2.24, 2.45) is 0 Å². The molecule has 110 valence electrons. The number of anilines is 1. The lowest BCUT2D eigenvalue weighted by Crippen LogP contribution is -2.11. The van der Waals surface area contributed by atoms with Crippen LogP contribution in [0.2, 0.25) is 5.02 Å². The molecule has 0 atom stereocenters. The highest BCUT2D eigenvalue weighted by Gasteiger charge is 2.20. The second kappa shape index (κ2) is 5.61. The van der Waals surface area contributed by atoms with E-state index < -0.39 is 0 Å². The normalized spacial score (nSPS) is 10.6. The molecule has 0 spiro atoms. The van der Waals surface area contributed by atoms with E-state index in [0.29, 0.717) is 27.5 Å². The van der Waals surface area contributed by atoms with Crippen molar-refractivity contribution in [3.05, 3.63) is 59.0 Å². The second-order valence-electron chi connectivity index (χ2n) is 4.82. The Balaban J connectivity index is 2.19. The van der Waals surface area contributed by atoms with Gasteiger partial charge in [-0.3, -0.25) is 14.6 Å². The Bertz CT molecular complexity index is 872. The fourth-order valence-corrected chi connectivity index (χ4v) is 2.46. The summed E-state index contributed by atoms with van der Waals surface area (Å²) >= 11 is 5.98. The highest BCUT2D eigenvalue weighted by atomic mass is 35.5. The van der Waals surface area contributed by atoms with Crippen LogP contribution in [-0.4, -0.2) is 21.7 Å². The van der Waals surface area contributed by atoms with Gasteiger partial charge in [-0.25, -0.2) is 0 Å². The number of nitrogens with one attached hydrogen (secondary N) is 2. The number of halogens is 1. The SMILES string of the molecule is CC(=O)Nc1c(C(=O)c2cccnc2)[nH]c2cc(Cl)ccc12. The molecule has 0 fully saturated rings. The first-order valence-electron chi connectivity index (χ1n) is 6.60. The number of aromatic nitrogens is 2. The lowest BCUT2D eigenvalue weighted by atomic mass is 10.1. The first-order chi connectivity index (χ1) is 10.6. The van der Waals surface area contributed by atoms with Crippen LogP contribution in [0.25, 0.3) is 10.9 Å². The van der Waals surface area contributed by atoms with Crippen molar-refractivity contribution in [1.29, 1.82) is 0 Å². The van der Waals surface area contributed by atoms with Crippen LogP contribution >= 0.6 is 11.6 Å². The summed E-state index contributed by atoms with van der Waals surface area (Å²) in [4.78, 5) is 31.1. The summed E-state index contributed by atoms with van der Waals surface area (Å²) in [5.74, 6) is -0.500. The Labute approximate surface area is 131 Å². The first kappa shape index (κ1) is 14.3. The molecule has 0 saturated carbocycles. The number of fused-ring (bicyclic) bond motifs is 1. The molecule has 22 heavy (non-hydrogen) atoms. The number of aromatic amines is 1. The van der Waals surface area contributed by atoms with Crippen molar-refractivity contribution in [2.75, 3.05) is 5.32 Å². The summed E-state index contributed by atoms with van der Waals surface area (Å²) in [6.45, 7) is 1.40. The van der Waals surface area contributed by atoms with Gasteiger partial charge < -0.3 is 10.3 Å². The fraction of sp³-hybridized carbons (Fsp3) is 0.0625. The molecule has 0 saturated heterocycles. The summed E-state index contributed by atoms with van der Waals surface area (Å²) in [7, 11) is 0. The predicted octanol–water partition coefficient (Wildman–Crippen LogP) is 3.41. The van der Waals surface area contributed by atoms with Crippen LogP contribution in [0.3, 0.4) is 0 Å². The lowest BCUT2D eigenvalue weighted by molar-refractivity contribution is -0.114. The maximum atomic E-state index is 12.6. The Kier molecular flexibility index (Phi) is 3.65. The molecule has 3 rings (SSSR count). The monoisotopic (exact) mass is 313 g/mol. The minimum absolute atomic E-state index is 0.246. The van der Waals surface area contributed by atoms with E-state index in [4.69, 9.17) is 11.6 Å². The molecular formula is C16H12ClN3O2. The Morgan fingerprint density at radius 1 is 1.27 bits per heavy atom. The fourth-order valence-electron chi connectivity index (χ4n) is 2.29. The van der Waals surface area contributed by atoms with Gasteiger partial charge in [0, 0.05) is 40.8 Å². The molecule has 1 aromatic carbocycles. The van der Waals surface area contributed by atoms with Gasteiger partial charge in [0.05, 0.1) is 5.69 Å². The number of nitrogens with zero attached hydrogens (tertiary/aromatic N) is 1. The zero-order valence-electron chi connectivity index (χ0n) is 11.7. The Morgan fingerprint density at radius 3 is 2.77 bits per heavy atom. The van der Waals surface area contributed by atoms with E-state index in [2.05, 4.69) is 15.3 Å². The smallest absolute Gasteiger partial charge is 0.221 e. The van der Waals surface area contributed by atoms with E-state index in [9.17, 15) is 9.59 Å². The van der Waals surface area contributed by atoms with Gasteiger partial charge in [0.15, 0.2) is 0 Å². The van der Waals surface area contributed by atoms with E-state index in [1.165, 1.54) is 13.1 Å². The van der Waals surface area contributed by atoms with Crippen molar-refractivity contribution in [1.82, 2.24) is 9.97 Å². The molecule has 2 aromatic heterocycles. The lowest BCUT2D eigenvalue weighted by Gasteiger charge is -2.04. The summed E-state index contributed by atoms with van der Waals surface area (Å²) in [6, 6.07) is 8.54. The van der Waals surface area contributed by atoms with Crippen LogP contribution < -0.4 is 5.32 Å². The second-order valence-corrected chi connectivity index (χ2v) is 5.25. The van der Waals surface area contributed by atoms with Crippen LogP contribution in [0.1, 0.15) is 23.0 Å². The third kappa shape index (κ3) is 2.58. The molecule has 0 aliphatic rings. The molecular weight excluding hydrogens is 302 g/mol. The number of amides is 1. The van der Waals surface area contributed by atoms with Crippen molar-refractivity contribution in [3.63, 3.8) is 0 Å². The maximum absolute atomic E-state index is 12.6. The summed E-state index contributed by atoms with van der Waals surface area (Å²) in [5, 5.41) is 3.99. The molecule has 0 bridgehead atoms. The Hall–Kier alpha value is -2.66. The zero-order chi connectivity index (χ0) is 15.7. The van der Waals surface area contributed by atoms with Gasteiger partial charge in [0.1, 0.15) is 5.69 Å². The number of carbonyl (C=O) groups excluding carboxylic acids is 2. The average Bonchev–Trinajstić information content (AvgIpc) is 2.84. The van der Waals surface area contributed by atoms with E-state index in [1.807, 2.05) is 0 Å². The van der Waals surface area contributed by atoms with E-state index in [0.717, 1.165) is 5.39 Å².